The summed E-state index contributed by atoms with van der Waals surface area (Å²) < 4.78 is 12.0. The van der Waals surface area contributed by atoms with E-state index in [1.54, 1.807) is 11.3 Å². The molecule has 0 atom stereocenters. The van der Waals surface area contributed by atoms with Crippen LogP contribution in [0.15, 0.2) is 12.1 Å². The fraction of sp³-hybridized carbons (Fsp3) is 0.600. The maximum absolute atomic E-state index is 11.2. The summed E-state index contributed by atoms with van der Waals surface area (Å²) in [6.07, 6.45) is 2.07. The molecule has 1 aromatic rings. The van der Waals surface area contributed by atoms with E-state index in [1.165, 1.54) is 4.88 Å². The Bertz CT molecular complexity index is 343. The molecule has 1 aliphatic rings. The van der Waals surface area contributed by atoms with Gasteiger partial charge in [0.2, 0.25) is 0 Å². The van der Waals surface area contributed by atoms with E-state index in [0.29, 0.717) is 6.04 Å². The zero-order valence-electron chi connectivity index (χ0n) is 8.37. The van der Waals surface area contributed by atoms with Gasteiger partial charge in [-0.3, -0.25) is 4.21 Å². The lowest BCUT2D eigenvalue weighted by Gasteiger charge is -2.22. The van der Waals surface area contributed by atoms with Gasteiger partial charge in [-0.25, -0.2) is 0 Å². The maximum Gasteiger partial charge on any atom is 0.0931 e. The molecule has 1 saturated heterocycles. The monoisotopic (exact) mass is 263 g/mol. The molecule has 15 heavy (non-hydrogen) atoms. The van der Waals surface area contributed by atoms with Crippen molar-refractivity contribution in [3.8, 4) is 0 Å². The molecule has 1 aromatic heterocycles. The van der Waals surface area contributed by atoms with Crippen LogP contribution in [0.25, 0.3) is 0 Å². The molecule has 2 heterocycles. The van der Waals surface area contributed by atoms with Crippen molar-refractivity contribution in [2.75, 3.05) is 11.5 Å². The van der Waals surface area contributed by atoms with Crippen LogP contribution in [0.2, 0.25) is 4.34 Å². The van der Waals surface area contributed by atoms with Crippen LogP contribution in [0, 0.1) is 0 Å². The number of nitrogens with one attached hydrogen (secondary N) is 1. The predicted molar refractivity (Wildman–Crippen MR) is 67.1 cm³/mol. The van der Waals surface area contributed by atoms with Crippen LogP contribution in [0.5, 0.6) is 0 Å². The van der Waals surface area contributed by atoms with Gasteiger partial charge >= 0.3 is 0 Å². The Hall–Kier alpha value is 0.1000. The first-order valence-corrected chi connectivity index (χ1v) is 7.75. The van der Waals surface area contributed by atoms with E-state index in [9.17, 15) is 4.21 Å². The minimum Gasteiger partial charge on any atom is -0.309 e. The number of hydrogen-bond donors (Lipinski definition) is 1. The molecule has 0 aromatic carbocycles. The number of hydrogen-bond acceptors (Lipinski definition) is 3. The van der Waals surface area contributed by atoms with Crippen LogP contribution in [0.4, 0.5) is 0 Å². The largest absolute Gasteiger partial charge is 0.309 e. The highest BCUT2D eigenvalue weighted by atomic mass is 35.5. The lowest BCUT2D eigenvalue weighted by molar-refractivity contribution is 0.477. The number of rotatable bonds is 3. The van der Waals surface area contributed by atoms with E-state index in [-0.39, 0.29) is 0 Å². The summed E-state index contributed by atoms with van der Waals surface area (Å²) in [6.45, 7) is 0.884. The Labute approximate surface area is 101 Å². The van der Waals surface area contributed by atoms with E-state index in [1.807, 2.05) is 6.07 Å². The van der Waals surface area contributed by atoms with Gasteiger partial charge in [-0.15, -0.1) is 11.3 Å². The molecule has 84 valence electrons. The van der Waals surface area contributed by atoms with Crippen molar-refractivity contribution >= 4 is 33.7 Å². The molecule has 0 saturated carbocycles. The molecule has 0 aliphatic carbocycles. The topological polar surface area (TPSA) is 29.1 Å². The summed E-state index contributed by atoms with van der Waals surface area (Å²) in [7, 11) is -0.563. The lowest BCUT2D eigenvalue weighted by Crippen LogP contribution is -2.35. The minimum atomic E-state index is -0.563. The first-order chi connectivity index (χ1) is 7.24. The Morgan fingerprint density at radius 1 is 1.47 bits per heavy atom. The Balaban J connectivity index is 1.76. The summed E-state index contributed by atoms with van der Waals surface area (Å²) >= 11 is 7.47. The van der Waals surface area contributed by atoms with Crippen LogP contribution in [-0.2, 0) is 17.3 Å². The van der Waals surface area contributed by atoms with E-state index < -0.39 is 10.8 Å². The van der Waals surface area contributed by atoms with E-state index >= 15 is 0 Å². The normalized spacial score (nSPS) is 26.7. The van der Waals surface area contributed by atoms with Crippen molar-refractivity contribution in [3.63, 3.8) is 0 Å². The van der Waals surface area contributed by atoms with Gasteiger partial charge < -0.3 is 5.32 Å². The zero-order valence-corrected chi connectivity index (χ0v) is 10.8. The average molecular weight is 264 g/mol. The molecular weight excluding hydrogens is 250 g/mol. The number of halogens is 1. The lowest BCUT2D eigenvalue weighted by atomic mass is 10.1. The smallest absolute Gasteiger partial charge is 0.0931 e. The molecule has 1 fully saturated rings. The fourth-order valence-corrected chi connectivity index (χ4v) is 4.03. The van der Waals surface area contributed by atoms with Crippen LogP contribution < -0.4 is 5.32 Å². The van der Waals surface area contributed by atoms with Crippen molar-refractivity contribution in [3.05, 3.63) is 21.3 Å². The highest BCUT2D eigenvalue weighted by Gasteiger charge is 2.17. The van der Waals surface area contributed by atoms with Gasteiger partial charge in [0.25, 0.3) is 0 Å². The zero-order chi connectivity index (χ0) is 10.7. The molecule has 0 spiro atoms. The quantitative estimate of drug-likeness (QED) is 0.907. The summed E-state index contributed by atoms with van der Waals surface area (Å²) in [5.41, 5.74) is 0. The van der Waals surface area contributed by atoms with Crippen LogP contribution >= 0.6 is 22.9 Å². The van der Waals surface area contributed by atoms with Gasteiger partial charge in [0.05, 0.1) is 4.34 Å². The molecular formula is C10H14ClNOS2. The van der Waals surface area contributed by atoms with Gasteiger partial charge in [-0.05, 0) is 25.0 Å². The Morgan fingerprint density at radius 2 is 2.20 bits per heavy atom. The third-order valence-corrected chi connectivity index (χ3v) is 5.20. The third-order valence-electron chi connectivity index (χ3n) is 2.58. The second-order valence-corrected chi connectivity index (χ2v) is 7.20. The molecule has 5 heteroatoms. The SMILES string of the molecule is O=S1CCC(NCc2ccc(Cl)s2)CC1. The standard InChI is InChI=1S/C10H14ClNOS2/c11-10-2-1-9(14-10)7-12-8-3-5-15(13)6-4-8/h1-2,8,12H,3-7H2. The van der Waals surface area contributed by atoms with Crippen molar-refractivity contribution in [1.29, 1.82) is 0 Å². The summed E-state index contributed by atoms with van der Waals surface area (Å²) in [4.78, 5) is 1.27. The third kappa shape index (κ3) is 3.55. The van der Waals surface area contributed by atoms with E-state index in [4.69, 9.17) is 11.6 Å². The van der Waals surface area contributed by atoms with Gasteiger partial charge in [0, 0.05) is 39.8 Å². The maximum atomic E-state index is 11.2. The second-order valence-electron chi connectivity index (χ2n) is 3.71. The second kappa shape index (κ2) is 5.43. The molecule has 0 unspecified atom stereocenters. The Kier molecular flexibility index (Phi) is 4.20. The van der Waals surface area contributed by atoms with Crippen LogP contribution in [-0.4, -0.2) is 21.8 Å². The first-order valence-electron chi connectivity index (χ1n) is 5.06. The van der Waals surface area contributed by atoms with Gasteiger partial charge in [-0.1, -0.05) is 11.6 Å². The highest BCUT2D eigenvalue weighted by Crippen LogP contribution is 2.21. The van der Waals surface area contributed by atoms with Crippen molar-refractivity contribution in [2.24, 2.45) is 0 Å². The highest BCUT2D eigenvalue weighted by molar-refractivity contribution is 7.85. The molecule has 1 aliphatic heterocycles. The van der Waals surface area contributed by atoms with Crippen molar-refractivity contribution < 1.29 is 4.21 Å². The summed E-state index contributed by atoms with van der Waals surface area (Å²) in [5, 5.41) is 3.49. The van der Waals surface area contributed by atoms with Crippen LogP contribution in [0.1, 0.15) is 17.7 Å². The molecule has 2 rings (SSSR count). The minimum absolute atomic E-state index is 0.531. The van der Waals surface area contributed by atoms with Gasteiger partial charge in [0.15, 0.2) is 0 Å². The van der Waals surface area contributed by atoms with Gasteiger partial charge in [0.1, 0.15) is 0 Å². The summed E-state index contributed by atoms with van der Waals surface area (Å²) in [5.74, 6) is 1.70. The van der Waals surface area contributed by atoms with E-state index in [2.05, 4.69) is 11.4 Å². The van der Waals surface area contributed by atoms with E-state index in [0.717, 1.165) is 35.2 Å². The molecule has 1 N–H and O–H groups in total. The fourth-order valence-electron chi connectivity index (χ4n) is 1.69. The average Bonchev–Trinajstić information content (AvgIpc) is 2.64. The first kappa shape index (κ1) is 11.6. The summed E-state index contributed by atoms with van der Waals surface area (Å²) in [6, 6.07) is 4.52. The Morgan fingerprint density at radius 3 is 2.80 bits per heavy atom. The molecule has 0 amide bonds. The number of thiophene rings is 1. The molecule has 0 radical (unpaired) electrons. The van der Waals surface area contributed by atoms with Crippen molar-refractivity contribution in [2.45, 2.75) is 25.4 Å². The van der Waals surface area contributed by atoms with Gasteiger partial charge in [-0.2, -0.15) is 0 Å². The predicted octanol–water partition coefficient (Wildman–Crippen LogP) is 2.40. The molecule has 2 nitrogen and oxygen atoms in total. The van der Waals surface area contributed by atoms with Crippen molar-refractivity contribution in [1.82, 2.24) is 5.32 Å². The van der Waals surface area contributed by atoms with Crippen LogP contribution in [0.3, 0.4) is 0 Å². The molecule has 0 bridgehead atoms.